The minimum absolute atomic E-state index is 0.164. The van der Waals surface area contributed by atoms with Crippen LogP contribution < -0.4 is 5.32 Å². The lowest BCUT2D eigenvalue weighted by molar-refractivity contribution is 0.128. The van der Waals surface area contributed by atoms with Crippen LogP contribution in [0, 0.1) is 17.0 Å². The Balaban J connectivity index is 1.70. The SMILES string of the molecule is Fc1cccc(CC2(CNC3CC3)CCC2)c1F. The maximum atomic E-state index is 13.7. The number of halogens is 2. The molecule has 0 bridgehead atoms. The second kappa shape index (κ2) is 4.61. The topological polar surface area (TPSA) is 12.0 Å². The van der Waals surface area contributed by atoms with Crippen molar-refractivity contribution in [1.82, 2.24) is 5.32 Å². The van der Waals surface area contributed by atoms with Crippen molar-refractivity contribution in [1.29, 1.82) is 0 Å². The fraction of sp³-hybridized carbons (Fsp3) is 0.600. The fourth-order valence-corrected chi connectivity index (χ4v) is 2.83. The standard InChI is InChI=1S/C15H19F2N/c16-13-4-1-3-11(14(13)17)9-15(7-2-8-15)10-18-12-5-6-12/h1,3-4,12,18H,2,5-10H2. The summed E-state index contributed by atoms with van der Waals surface area (Å²) in [6.45, 7) is 0.952. The van der Waals surface area contributed by atoms with Gasteiger partial charge in [0.05, 0.1) is 0 Å². The highest BCUT2D eigenvalue weighted by Crippen LogP contribution is 2.44. The summed E-state index contributed by atoms with van der Waals surface area (Å²) in [7, 11) is 0. The Morgan fingerprint density at radius 1 is 1.22 bits per heavy atom. The van der Waals surface area contributed by atoms with E-state index in [2.05, 4.69) is 5.32 Å². The molecule has 3 rings (SSSR count). The van der Waals surface area contributed by atoms with Crippen LogP contribution in [-0.2, 0) is 6.42 Å². The zero-order valence-electron chi connectivity index (χ0n) is 10.5. The Kier molecular flexibility index (Phi) is 3.10. The molecule has 0 heterocycles. The largest absolute Gasteiger partial charge is 0.313 e. The number of nitrogens with one attached hydrogen (secondary N) is 1. The molecular formula is C15H19F2N. The maximum absolute atomic E-state index is 13.7. The van der Waals surface area contributed by atoms with Gasteiger partial charge in [-0.25, -0.2) is 8.78 Å². The summed E-state index contributed by atoms with van der Waals surface area (Å²) in [4.78, 5) is 0. The molecule has 2 fully saturated rings. The normalized spacial score (nSPS) is 21.7. The third-order valence-corrected chi connectivity index (χ3v) is 4.35. The summed E-state index contributed by atoms with van der Waals surface area (Å²) >= 11 is 0. The van der Waals surface area contributed by atoms with E-state index in [4.69, 9.17) is 0 Å². The van der Waals surface area contributed by atoms with Crippen LogP contribution in [-0.4, -0.2) is 12.6 Å². The van der Waals surface area contributed by atoms with Crippen molar-refractivity contribution < 1.29 is 8.78 Å². The molecule has 2 saturated carbocycles. The molecular weight excluding hydrogens is 232 g/mol. The fourth-order valence-electron chi connectivity index (χ4n) is 2.83. The Labute approximate surface area is 107 Å². The van der Waals surface area contributed by atoms with Crippen molar-refractivity contribution in [3.8, 4) is 0 Å². The third kappa shape index (κ3) is 2.41. The van der Waals surface area contributed by atoms with E-state index >= 15 is 0 Å². The molecule has 0 amide bonds. The van der Waals surface area contributed by atoms with Crippen LogP contribution in [0.25, 0.3) is 0 Å². The molecule has 2 aliphatic carbocycles. The van der Waals surface area contributed by atoms with Crippen molar-refractivity contribution in [2.75, 3.05) is 6.54 Å². The van der Waals surface area contributed by atoms with Crippen LogP contribution in [0.5, 0.6) is 0 Å². The van der Waals surface area contributed by atoms with E-state index in [0.29, 0.717) is 18.0 Å². The summed E-state index contributed by atoms with van der Waals surface area (Å²) in [5.74, 6) is -1.38. The highest BCUT2D eigenvalue weighted by Gasteiger charge is 2.38. The average Bonchev–Trinajstić information content (AvgIpc) is 3.11. The molecule has 0 saturated heterocycles. The minimum atomic E-state index is -0.725. The lowest BCUT2D eigenvalue weighted by atomic mass is 9.65. The van der Waals surface area contributed by atoms with Gasteiger partial charge in [0, 0.05) is 12.6 Å². The molecule has 3 heteroatoms. The molecule has 1 aromatic rings. The van der Waals surface area contributed by atoms with Gasteiger partial charge in [0.25, 0.3) is 0 Å². The smallest absolute Gasteiger partial charge is 0.162 e. The second-order valence-electron chi connectivity index (χ2n) is 5.90. The van der Waals surface area contributed by atoms with Crippen LogP contribution in [0.4, 0.5) is 8.78 Å². The summed E-state index contributed by atoms with van der Waals surface area (Å²) in [6.07, 6.45) is 6.67. The molecule has 0 unspecified atom stereocenters. The summed E-state index contributed by atoms with van der Waals surface area (Å²) in [5.41, 5.74) is 0.698. The molecule has 0 aliphatic heterocycles. The zero-order valence-corrected chi connectivity index (χ0v) is 10.5. The van der Waals surface area contributed by atoms with E-state index in [9.17, 15) is 8.78 Å². The van der Waals surface area contributed by atoms with Crippen molar-refractivity contribution in [3.05, 3.63) is 35.4 Å². The van der Waals surface area contributed by atoms with Gasteiger partial charge in [-0.05, 0) is 49.1 Å². The van der Waals surface area contributed by atoms with Crippen molar-refractivity contribution in [2.45, 2.75) is 44.6 Å². The first kappa shape index (κ1) is 12.1. The van der Waals surface area contributed by atoms with E-state index in [1.165, 1.54) is 25.3 Å². The van der Waals surface area contributed by atoms with Crippen LogP contribution in [0.2, 0.25) is 0 Å². The van der Waals surface area contributed by atoms with Crippen molar-refractivity contribution >= 4 is 0 Å². The quantitative estimate of drug-likeness (QED) is 0.845. The Morgan fingerprint density at radius 2 is 2.00 bits per heavy atom. The Hall–Kier alpha value is -0.960. The molecule has 2 aliphatic rings. The number of rotatable bonds is 5. The van der Waals surface area contributed by atoms with Gasteiger partial charge >= 0.3 is 0 Å². The zero-order chi connectivity index (χ0) is 12.6. The average molecular weight is 251 g/mol. The lowest BCUT2D eigenvalue weighted by Gasteiger charge is -2.42. The van der Waals surface area contributed by atoms with E-state index < -0.39 is 11.6 Å². The van der Waals surface area contributed by atoms with Gasteiger partial charge in [-0.3, -0.25) is 0 Å². The first-order valence-electron chi connectivity index (χ1n) is 6.85. The van der Waals surface area contributed by atoms with E-state index in [1.54, 1.807) is 12.1 Å². The third-order valence-electron chi connectivity index (χ3n) is 4.35. The van der Waals surface area contributed by atoms with Gasteiger partial charge in [0.1, 0.15) is 0 Å². The lowest BCUT2D eigenvalue weighted by Crippen LogP contribution is -2.42. The van der Waals surface area contributed by atoms with E-state index in [0.717, 1.165) is 19.4 Å². The molecule has 0 atom stereocenters. The van der Waals surface area contributed by atoms with Gasteiger partial charge in [-0.2, -0.15) is 0 Å². The van der Waals surface area contributed by atoms with Gasteiger partial charge in [0.2, 0.25) is 0 Å². The predicted octanol–water partition coefficient (Wildman–Crippen LogP) is 3.43. The predicted molar refractivity (Wildman–Crippen MR) is 67.4 cm³/mol. The molecule has 0 radical (unpaired) electrons. The first-order valence-corrected chi connectivity index (χ1v) is 6.85. The Bertz CT molecular complexity index is 436. The Morgan fingerprint density at radius 3 is 2.61 bits per heavy atom. The molecule has 18 heavy (non-hydrogen) atoms. The second-order valence-corrected chi connectivity index (χ2v) is 5.90. The number of hydrogen-bond acceptors (Lipinski definition) is 1. The van der Waals surface area contributed by atoms with Crippen LogP contribution in [0.1, 0.15) is 37.7 Å². The van der Waals surface area contributed by atoms with Gasteiger partial charge < -0.3 is 5.32 Å². The summed E-state index contributed by atoms with van der Waals surface area (Å²) in [5, 5.41) is 3.54. The molecule has 0 spiro atoms. The van der Waals surface area contributed by atoms with E-state index in [1.807, 2.05) is 0 Å². The van der Waals surface area contributed by atoms with Crippen molar-refractivity contribution in [3.63, 3.8) is 0 Å². The van der Waals surface area contributed by atoms with Crippen LogP contribution in [0.3, 0.4) is 0 Å². The van der Waals surface area contributed by atoms with Gasteiger partial charge in [0.15, 0.2) is 11.6 Å². The highest BCUT2D eigenvalue weighted by atomic mass is 19.2. The van der Waals surface area contributed by atoms with Gasteiger partial charge in [-0.1, -0.05) is 18.6 Å². The monoisotopic (exact) mass is 251 g/mol. The first-order chi connectivity index (χ1) is 8.69. The highest BCUT2D eigenvalue weighted by molar-refractivity contribution is 5.21. The summed E-state index contributed by atoms with van der Waals surface area (Å²) < 4.78 is 26.9. The van der Waals surface area contributed by atoms with Crippen LogP contribution in [0.15, 0.2) is 18.2 Å². The van der Waals surface area contributed by atoms with Gasteiger partial charge in [-0.15, -0.1) is 0 Å². The summed E-state index contributed by atoms with van der Waals surface area (Å²) in [6, 6.07) is 5.19. The molecule has 1 N–H and O–H groups in total. The number of benzene rings is 1. The minimum Gasteiger partial charge on any atom is -0.313 e. The van der Waals surface area contributed by atoms with Crippen molar-refractivity contribution in [2.24, 2.45) is 5.41 Å². The molecule has 1 aromatic carbocycles. The molecule has 98 valence electrons. The van der Waals surface area contributed by atoms with Crippen LogP contribution >= 0.6 is 0 Å². The molecule has 0 aromatic heterocycles. The molecule has 1 nitrogen and oxygen atoms in total. The maximum Gasteiger partial charge on any atom is 0.162 e. The van der Waals surface area contributed by atoms with E-state index in [-0.39, 0.29) is 5.41 Å². The number of hydrogen-bond donors (Lipinski definition) is 1.